The van der Waals surface area contributed by atoms with E-state index in [1.165, 1.54) is 5.56 Å². The van der Waals surface area contributed by atoms with Gasteiger partial charge in [0.05, 0.1) is 18.5 Å². The van der Waals surface area contributed by atoms with Gasteiger partial charge in [0.1, 0.15) is 35.0 Å². The van der Waals surface area contributed by atoms with Crippen LogP contribution in [0.15, 0.2) is 5.38 Å². The second-order valence-electron chi connectivity index (χ2n) is 5.80. The van der Waals surface area contributed by atoms with Crippen molar-refractivity contribution in [2.24, 2.45) is 0 Å². The van der Waals surface area contributed by atoms with Crippen molar-refractivity contribution in [3.63, 3.8) is 0 Å². The molecule has 0 bridgehead atoms. The highest BCUT2D eigenvalue weighted by Crippen LogP contribution is 2.33. The van der Waals surface area contributed by atoms with Crippen LogP contribution in [-0.2, 0) is 11.3 Å². The zero-order valence-electron chi connectivity index (χ0n) is 13.5. The summed E-state index contributed by atoms with van der Waals surface area (Å²) in [5.74, 6) is 2.72. The van der Waals surface area contributed by atoms with Gasteiger partial charge in [-0.2, -0.15) is 5.10 Å². The molecule has 9 heteroatoms. The van der Waals surface area contributed by atoms with Crippen LogP contribution in [-0.4, -0.2) is 50.0 Å². The molecule has 0 spiro atoms. The molecule has 4 rings (SSSR count). The van der Waals surface area contributed by atoms with Crippen LogP contribution in [0.3, 0.4) is 0 Å². The fraction of sp³-hybridized carbons (Fsp3) is 0.467. The molecule has 24 heavy (non-hydrogen) atoms. The van der Waals surface area contributed by atoms with Gasteiger partial charge < -0.3 is 14.7 Å². The van der Waals surface area contributed by atoms with Crippen molar-refractivity contribution in [3.8, 4) is 0 Å². The molecule has 1 aliphatic heterocycles. The van der Waals surface area contributed by atoms with Gasteiger partial charge >= 0.3 is 0 Å². The number of H-pyrrole nitrogens is 1. The third-order valence-electron chi connectivity index (χ3n) is 4.06. The number of rotatable bonds is 3. The van der Waals surface area contributed by atoms with Crippen molar-refractivity contribution >= 4 is 27.4 Å². The first-order chi connectivity index (χ1) is 11.7. The molecule has 0 aliphatic carbocycles. The smallest absolute Gasteiger partial charge is 0.181 e. The van der Waals surface area contributed by atoms with E-state index in [0.29, 0.717) is 24.8 Å². The average molecular weight is 346 g/mol. The Bertz CT molecular complexity index is 876. The van der Waals surface area contributed by atoms with Crippen LogP contribution < -0.4 is 4.90 Å². The fourth-order valence-electron chi connectivity index (χ4n) is 2.92. The summed E-state index contributed by atoms with van der Waals surface area (Å²) < 4.78 is 5.82. The lowest BCUT2D eigenvalue weighted by Gasteiger charge is -2.33. The number of aliphatic hydroxyl groups is 1. The Morgan fingerprint density at radius 3 is 3.04 bits per heavy atom. The SMILES string of the molecule is Cc1nc(N2CCOC(c3n[nH]c(CO)n3)C2)c2c(C)csc2n1. The maximum absolute atomic E-state index is 9.13. The van der Waals surface area contributed by atoms with E-state index in [0.717, 1.165) is 28.4 Å². The summed E-state index contributed by atoms with van der Waals surface area (Å²) >= 11 is 1.64. The van der Waals surface area contributed by atoms with Crippen LogP contribution in [0.5, 0.6) is 0 Å². The van der Waals surface area contributed by atoms with Crippen molar-refractivity contribution in [1.82, 2.24) is 25.1 Å². The van der Waals surface area contributed by atoms with E-state index in [1.807, 2.05) is 6.92 Å². The predicted molar refractivity (Wildman–Crippen MR) is 90.1 cm³/mol. The first kappa shape index (κ1) is 15.4. The Morgan fingerprint density at radius 2 is 2.25 bits per heavy atom. The minimum atomic E-state index is -0.250. The molecule has 0 saturated carbocycles. The van der Waals surface area contributed by atoms with E-state index in [-0.39, 0.29) is 12.7 Å². The molecule has 1 atom stereocenters. The van der Waals surface area contributed by atoms with Crippen LogP contribution in [0, 0.1) is 13.8 Å². The fourth-order valence-corrected chi connectivity index (χ4v) is 3.88. The highest BCUT2D eigenvalue weighted by atomic mass is 32.1. The second-order valence-corrected chi connectivity index (χ2v) is 6.66. The number of aromatic amines is 1. The van der Waals surface area contributed by atoms with Crippen LogP contribution >= 0.6 is 11.3 Å². The summed E-state index contributed by atoms with van der Waals surface area (Å²) in [6.07, 6.45) is -0.250. The topological polar surface area (TPSA) is 100 Å². The Labute approximate surface area is 142 Å². The molecule has 1 fully saturated rings. The van der Waals surface area contributed by atoms with Crippen LogP contribution in [0.2, 0.25) is 0 Å². The molecular weight excluding hydrogens is 328 g/mol. The molecule has 1 saturated heterocycles. The average Bonchev–Trinajstić information content (AvgIpc) is 3.21. The normalized spacial score (nSPS) is 18.5. The van der Waals surface area contributed by atoms with Gasteiger partial charge in [-0.1, -0.05) is 0 Å². The quantitative estimate of drug-likeness (QED) is 0.741. The van der Waals surface area contributed by atoms with E-state index in [1.54, 1.807) is 11.3 Å². The molecule has 0 amide bonds. The lowest BCUT2D eigenvalue weighted by atomic mass is 10.2. The van der Waals surface area contributed by atoms with Gasteiger partial charge in [-0.3, -0.25) is 5.10 Å². The highest BCUT2D eigenvalue weighted by Gasteiger charge is 2.28. The third-order valence-corrected chi connectivity index (χ3v) is 5.05. The molecule has 1 aliphatic rings. The van der Waals surface area contributed by atoms with Crippen LogP contribution in [0.1, 0.15) is 29.1 Å². The van der Waals surface area contributed by atoms with E-state index in [2.05, 4.69) is 42.4 Å². The predicted octanol–water partition coefficient (Wildman–Crippen LogP) is 1.50. The molecule has 3 aromatic rings. The van der Waals surface area contributed by atoms with Gasteiger partial charge in [-0.15, -0.1) is 11.3 Å². The van der Waals surface area contributed by atoms with E-state index in [9.17, 15) is 0 Å². The lowest BCUT2D eigenvalue weighted by molar-refractivity contribution is 0.0340. The number of aromatic nitrogens is 5. The minimum Gasteiger partial charge on any atom is -0.388 e. The number of fused-ring (bicyclic) bond motifs is 1. The largest absolute Gasteiger partial charge is 0.388 e. The summed E-state index contributed by atoms with van der Waals surface area (Å²) in [5, 5.41) is 19.2. The first-order valence-electron chi connectivity index (χ1n) is 7.76. The van der Waals surface area contributed by atoms with Gasteiger partial charge in [0.2, 0.25) is 0 Å². The summed E-state index contributed by atoms with van der Waals surface area (Å²) in [4.78, 5) is 16.7. The van der Waals surface area contributed by atoms with Crippen molar-refractivity contribution in [2.75, 3.05) is 24.6 Å². The number of ether oxygens (including phenoxy) is 1. The first-order valence-corrected chi connectivity index (χ1v) is 8.64. The molecule has 2 N–H and O–H groups in total. The zero-order chi connectivity index (χ0) is 16.7. The lowest BCUT2D eigenvalue weighted by Crippen LogP contribution is -2.39. The molecule has 0 aromatic carbocycles. The van der Waals surface area contributed by atoms with Crippen molar-refractivity contribution < 1.29 is 9.84 Å². The summed E-state index contributed by atoms with van der Waals surface area (Å²) in [7, 11) is 0. The number of nitrogens with one attached hydrogen (secondary N) is 1. The van der Waals surface area contributed by atoms with Crippen LogP contribution in [0.4, 0.5) is 5.82 Å². The van der Waals surface area contributed by atoms with Gasteiger partial charge in [0.15, 0.2) is 5.82 Å². The third kappa shape index (κ3) is 2.64. The highest BCUT2D eigenvalue weighted by molar-refractivity contribution is 7.17. The Morgan fingerprint density at radius 1 is 1.38 bits per heavy atom. The molecule has 126 valence electrons. The monoisotopic (exact) mass is 346 g/mol. The number of thiophene rings is 1. The standard InChI is InChI=1S/C15H18N6O2S/c1-8-7-24-15-12(8)14(16-9(2)17-15)21-3-4-23-10(5-21)13-18-11(6-22)19-20-13/h7,10,22H,3-6H2,1-2H3,(H,18,19,20). The Hall–Kier alpha value is -2.10. The minimum absolute atomic E-state index is 0.163. The number of nitrogens with zero attached hydrogens (tertiary/aromatic N) is 5. The molecule has 8 nitrogen and oxygen atoms in total. The summed E-state index contributed by atoms with van der Waals surface area (Å²) in [6, 6.07) is 0. The molecule has 1 unspecified atom stereocenters. The second kappa shape index (κ2) is 6.08. The summed E-state index contributed by atoms with van der Waals surface area (Å²) in [6.45, 7) is 5.78. The Kier molecular flexibility index (Phi) is 3.91. The van der Waals surface area contributed by atoms with Gasteiger partial charge in [0.25, 0.3) is 0 Å². The number of aliphatic hydroxyl groups excluding tert-OH is 1. The maximum atomic E-state index is 9.13. The number of morpholine rings is 1. The van der Waals surface area contributed by atoms with E-state index < -0.39 is 0 Å². The van der Waals surface area contributed by atoms with E-state index in [4.69, 9.17) is 9.84 Å². The van der Waals surface area contributed by atoms with Crippen molar-refractivity contribution in [1.29, 1.82) is 0 Å². The van der Waals surface area contributed by atoms with Crippen molar-refractivity contribution in [2.45, 2.75) is 26.6 Å². The van der Waals surface area contributed by atoms with Crippen LogP contribution in [0.25, 0.3) is 10.2 Å². The molecule has 4 heterocycles. The van der Waals surface area contributed by atoms with Gasteiger partial charge in [-0.25, -0.2) is 15.0 Å². The summed E-state index contributed by atoms with van der Waals surface area (Å²) in [5.41, 5.74) is 1.19. The van der Waals surface area contributed by atoms with Gasteiger partial charge in [-0.05, 0) is 24.8 Å². The van der Waals surface area contributed by atoms with Gasteiger partial charge in [0, 0.05) is 6.54 Å². The molecular formula is C15H18N6O2S. The zero-order valence-corrected chi connectivity index (χ0v) is 14.3. The Balaban J connectivity index is 1.68. The van der Waals surface area contributed by atoms with E-state index >= 15 is 0 Å². The maximum Gasteiger partial charge on any atom is 0.181 e. The number of hydrogen-bond donors (Lipinski definition) is 2. The number of aryl methyl sites for hydroxylation is 2. The molecule has 0 radical (unpaired) electrons. The number of anilines is 1. The molecule has 3 aromatic heterocycles. The van der Waals surface area contributed by atoms with Crippen molar-refractivity contribution in [3.05, 3.63) is 28.4 Å². The number of hydrogen-bond acceptors (Lipinski definition) is 8.